The molecule has 0 saturated heterocycles. The summed E-state index contributed by atoms with van der Waals surface area (Å²) in [5, 5.41) is 0.672. The van der Waals surface area contributed by atoms with Gasteiger partial charge in [-0.1, -0.05) is 29.8 Å². The summed E-state index contributed by atoms with van der Waals surface area (Å²) in [7, 11) is 0. The summed E-state index contributed by atoms with van der Waals surface area (Å²) in [5.41, 5.74) is 3.94. The Balaban J connectivity index is 1.92. The second-order valence-corrected chi connectivity index (χ2v) is 4.55. The Hall–Kier alpha value is -1.95. The van der Waals surface area contributed by atoms with Gasteiger partial charge in [0.25, 0.3) is 5.91 Å². The maximum absolute atomic E-state index is 11.3. The van der Waals surface area contributed by atoms with E-state index >= 15 is 0 Å². The summed E-state index contributed by atoms with van der Waals surface area (Å²) in [6, 6.07) is 12.5. The molecule has 0 aliphatic heterocycles. The summed E-state index contributed by atoms with van der Waals surface area (Å²) in [5.74, 6) is 4.63. The third kappa shape index (κ3) is 4.03. The molecule has 0 saturated carbocycles. The fourth-order valence-corrected chi connectivity index (χ4v) is 1.87. The van der Waals surface area contributed by atoms with Crippen molar-refractivity contribution in [3.63, 3.8) is 0 Å². The average molecular weight is 292 g/mol. The molecule has 0 aliphatic carbocycles. The number of hydrogen-bond donors (Lipinski definition) is 2. The smallest absolute Gasteiger partial charge is 0.283 e. The summed E-state index contributed by atoms with van der Waals surface area (Å²) >= 11 is 5.89. The Morgan fingerprint density at radius 2 is 2.05 bits per heavy atom. The lowest BCUT2D eigenvalue weighted by molar-refractivity contribution is 0.0941. The minimum Gasteiger partial charge on any atom is -0.370 e. The molecule has 1 amide bonds. The number of nitrogens with one attached hydrogen (secondary N) is 1. The Bertz CT molecular complexity index is 604. The van der Waals surface area contributed by atoms with Gasteiger partial charge in [0.2, 0.25) is 0 Å². The quantitative estimate of drug-likeness (QED) is 0.502. The van der Waals surface area contributed by atoms with Gasteiger partial charge in [-0.15, -0.1) is 0 Å². The van der Waals surface area contributed by atoms with Gasteiger partial charge in [-0.2, -0.15) is 0 Å². The van der Waals surface area contributed by atoms with E-state index < -0.39 is 5.91 Å². The topological polar surface area (TPSA) is 77.2 Å². The number of nitrogen functional groups attached to an aromatic ring is 1. The largest absolute Gasteiger partial charge is 0.370 e. The van der Waals surface area contributed by atoms with Crippen LogP contribution in [0.1, 0.15) is 21.7 Å². The van der Waals surface area contributed by atoms with Gasteiger partial charge in [0.05, 0.1) is 18.9 Å². The van der Waals surface area contributed by atoms with Crippen molar-refractivity contribution in [1.29, 1.82) is 0 Å². The molecule has 0 atom stereocenters. The van der Waals surface area contributed by atoms with Crippen molar-refractivity contribution in [3.05, 3.63) is 64.4 Å². The van der Waals surface area contributed by atoms with Crippen molar-refractivity contribution in [2.24, 2.45) is 5.84 Å². The second kappa shape index (κ2) is 7.00. The molecule has 2 aromatic rings. The molecular weight excluding hydrogens is 278 g/mol. The van der Waals surface area contributed by atoms with Gasteiger partial charge < -0.3 is 4.74 Å². The second-order valence-electron chi connectivity index (χ2n) is 4.11. The first-order valence-electron chi connectivity index (χ1n) is 5.98. The normalized spacial score (nSPS) is 10.3. The van der Waals surface area contributed by atoms with Gasteiger partial charge in [-0.05, 0) is 29.8 Å². The minimum absolute atomic E-state index is 0.261. The van der Waals surface area contributed by atoms with E-state index in [4.69, 9.17) is 22.2 Å². The highest BCUT2D eigenvalue weighted by Crippen LogP contribution is 2.12. The van der Waals surface area contributed by atoms with E-state index in [1.807, 2.05) is 29.7 Å². The van der Waals surface area contributed by atoms with Crippen LogP contribution >= 0.6 is 11.6 Å². The molecule has 5 nitrogen and oxygen atoms in total. The zero-order valence-electron chi connectivity index (χ0n) is 10.7. The Labute approximate surface area is 121 Å². The first-order valence-corrected chi connectivity index (χ1v) is 6.36. The van der Waals surface area contributed by atoms with Crippen LogP contribution in [0, 0.1) is 0 Å². The molecular formula is C14H14ClN3O2. The zero-order chi connectivity index (χ0) is 14.4. The van der Waals surface area contributed by atoms with E-state index in [0.29, 0.717) is 23.9 Å². The molecule has 0 bridgehead atoms. The van der Waals surface area contributed by atoms with Crippen LogP contribution in [0.5, 0.6) is 0 Å². The number of carbonyl (C=O) groups is 1. The van der Waals surface area contributed by atoms with Gasteiger partial charge in [-0.3, -0.25) is 10.2 Å². The summed E-state index contributed by atoms with van der Waals surface area (Å²) in [6.45, 7) is 0.730. The van der Waals surface area contributed by atoms with E-state index in [-0.39, 0.29) is 5.69 Å². The predicted octanol–water partition coefficient (Wildman–Crippen LogP) is 2.06. The first kappa shape index (κ1) is 14.5. The van der Waals surface area contributed by atoms with Crippen LogP contribution in [0.2, 0.25) is 5.02 Å². The third-order valence-corrected chi connectivity index (χ3v) is 2.81. The molecule has 3 N–H and O–H groups in total. The molecule has 0 unspecified atom stereocenters. The minimum atomic E-state index is -0.429. The molecule has 2 rings (SSSR count). The number of halogens is 1. The Morgan fingerprint density at radius 1 is 1.25 bits per heavy atom. The molecule has 104 valence electrons. The van der Waals surface area contributed by atoms with Crippen molar-refractivity contribution in [2.45, 2.75) is 13.2 Å². The Morgan fingerprint density at radius 3 is 2.80 bits per heavy atom. The molecule has 6 heteroatoms. The van der Waals surface area contributed by atoms with E-state index in [2.05, 4.69) is 4.98 Å². The lowest BCUT2D eigenvalue weighted by atomic mass is 10.2. The van der Waals surface area contributed by atoms with Crippen LogP contribution in [0.15, 0.2) is 42.5 Å². The predicted molar refractivity (Wildman–Crippen MR) is 75.8 cm³/mol. The summed E-state index contributed by atoms with van der Waals surface area (Å²) in [4.78, 5) is 15.5. The fourth-order valence-electron chi connectivity index (χ4n) is 1.66. The number of aromatic nitrogens is 1. The molecule has 0 spiro atoms. The number of rotatable bonds is 5. The standard InChI is InChI=1S/C14H14ClN3O2/c15-11-4-1-3-10(7-11)8-20-9-12-5-2-6-13(17-12)14(19)18-16/h1-7H,8-9,16H2,(H,18,19). The van der Waals surface area contributed by atoms with Crippen molar-refractivity contribution in [2.75, 3.05) is 0 Å². The monoisotopic (exact) mass is 291 g/mol. The van der Waals surface area contributed by atoms with Crippen molar-refractivity contribution in [3.8, 4) is 0 Å². The number of hydrazine groups is 1. The fraction of sp³-hybridized carbons (Fsp3) is 0.143. The molecule has 0 aliphatic rings. The number of amides is 1. The first-order chi connectivity index (χ1) is 9.69. The number of nitrogens with two attached hydrogens (primary N) is 1. The molecule has 0 fully saturated rings. The van der Waals surface area contributed by atoms with Gasteiger partial charge in [0.1, 0.15) is 5.69 Å². The van der Waals surface area contributed by atoms with Gasteiger partial charge >= 0.3 is 0 Å². The van der Waals surface area contributed by atoms with Crippen LogP contribution in [0.4, 0.5) is 0 Å². The Kier molecular flexibility index (Phi) is 5.06. The van der Waals surface area contributed by atoms with Gasteiger partial charge in [-0.25, -0.2) is 10.8 Å². The van der Waals surface area contributed by atoms with E-state index in [9.17, 15) is 4.79 Å². The highest BCUT2D eigenvalue weighted by Gasteiger charge is 2.05. The molecule has 20 heavy (non-hydrogen) atoms. The zero-order valence-corrected chi connectivity index (χ0v) is 11.4. The van der Waals surface area contributed by atoms with Crippen LogP contribution in [-0.4, -0.2) is 10.9 Å². The maximum Gasteiger partial charge on any atom is 0.283 e. The number of benzene rings is 1. The summed E-state index contributed by atoms with van der Waals surface area (Å²) < 4.78 is 5.55. The number of ether oxygens (including phenoxy) is 1. The molecule has 1 aromatic carbocycles. The maximum atomic E-state index is 11.3. The van der Waals surface area contributed by atoms with Crippen LogP contribution in [-0.2, 0) is 18.0 Å². The molecule has 1 aromatic heterocycles. The summed E-state index contributed by atoms with van der Waals surface area (Å²) in [6.07, 6.45) is 0. The van der Waals surface area contributed by atoms with Crippen molar-refractivity contribution < 1.29 is 9.53 Å². The van der Waals surface area contributed by atoms with Crippen molar-refractivity contribution in [1.82, 2.24) is 10.4 Å². The van der Waals surface area contributed by atoms with Crippen LogP contribution in [0.3, 0.4) is 0 Å². The van der Waals surface area contributed by atoms with E-state index in [1.54, 1.807) is 18.2 Å². The SMILES string of the molecule is NNC(=O)c1cccc(COCc2cccc(Cl)c2)n1. The lowest BCUT2D eigenvalue weighted by Crippen LogP contribution is -2.30. The molecule has 1 heterocycles. The van der Waals surface area contributed by atoms with Crippen LogP contribution < -0.4 is 11.3 Å². The lowest BCUT2D eigenvalue weighted by Gasteiger charge is -2.06. The molecule has 0 radical (unpaired) electrons. The number of pyridine rings is 1. The highest BCUT2D eigenvalue weighted by atomic mass is 35.5. The van der Waals surface area contributed by atoms with Crippen molar-refractivity contribution >= 4 is 17.5 Å². The number of carbonyl (C=O) groups excluding carboxylic acids is 1. The van der Waals surface area contributed by atoms with Gasteiger partial charge in [0, 0.05) is 5.02 Å². The van der Waals surface area contributed by atoms with E-state index in [1.165, 1.54) is 0 Å². The number of hydrogen-bond acceptors (Lipinski definition) is 4. The third-order valence-electron chi connectivity index (χ3n) is 2.58. The van der Waals surface area contributed by atoms with E-state index in [0.717, 1.165) is 5.56 Å². The highest BCUT2D eigenvalue weighted by molar-refractivity contribution is 6.30. The van der Waals surface area contributed by atoms with Gasteiger partial charge in [0.15, 0.2) is 0 Å². The number of nitrogens with zero attached hydrogens (tertiary/aromatic N) is 1. The van der Waals surface area contributed by atoms with Crippen LogP contribution in [0.25, 0.3) is 0 Å². The average Bonchev–Trinajstić information content (AvgIpc) is 2.47.